The van der Waals surface area contributed by atoms with Crippen molar-refractivity contribution < 1.29 is 14.6 Å². The van der Waals surface area contributed by atoms with E-state index in [1.807, 2.05) is 30.3 Å². The van der Waals surface area contributed by atoms with Gasteiger partial charge in [0.05, 0.1) is 12.5 Å². The van der Waals surface area contributed by atoms with Crippen molar-refractivity contribution in [2.24, 2.45) is 0 Å². The van der Waals surface area contributed by atoms with E-state index in [-0.39, 0.29) is 18.5 Å². The molecule has 3 nitrogen and oxygen atoms in total. The van der Waals surface area contributed by atoms with E-state index in [0.717, 1.165) is 31.2 Å². The summed E-state index contributed by atoms with van der Waals surface area (Å²) in [6.07, 6.45) is 3.06. The molecule has 0 aliphatic heterocycles. The van der Waals surface area contributed by atoms with Gasteiger partial charge in [-0.3, -0.25) is 4.79 Å². The van der Waals surface area contributed by atoms with Crippen LogP contribution in [0.5, 0.6) is 0 Å². The topological polar surface area (TPSA) is 46.5 Å². The third-order valence-corrected chi connectivity index (χ3v) is 3.14. The van der Waals surface area contributed by atoms with Crippen LogP contribution in [-0.2, 0) is 16.0 Å². The molecule has 3 heteroatoms. The molecule has 0 saturated heterocycles. The molecule has 2 atom stereocenters. The van der Waals surface area contributed by atoms with Gasteiger partial charge in [0.25, 0.3) is 0 Å². The molecule has 1 aromatic carbocycles. The van der Waals surface area contributed by atoms with Gasteiger partial charge in [-0.15, -0.1) is 0 Å². The lowest BCUT2D eigenvalue weighted by atomic mass is 9.95. The minimum absolute atomic E-state index is 0.248. The van der Waals surface area contributed by atoms with Gasteiger partial charge in [0.15, 0.2) is 0 Å². The Morgan fingerprint density at radius 2 is 1.94 bits per heavy atom. The fourth-order valence-corrected chi connectivity index (χ4v) is 2.19. The van der Waals surface area contributed by atoms with Crippen LogP contribution in [0.2, 0.25) is 0 Å². The number of carbonyl (C=O) groups is 1. The Kier molecular flexibility index (Phi) is 4.15. The second kappa shape index (κ2) is 5.82. The van der Waals surface area contributed by atoms with Crippen molar-refractivity contribution in [1.82, 2.24) is 0 Å². The molecule has 0 bridgehead atoms. The monoisotopic (exact) mass is 234 g/mol. The number of benzene rings is 1. The van der Waals surface area contributed by atoms with E-state index in [2.05, 4.69) is 0 Å². The first-order valence-corrected chi connectivity index (χ1v) is 6.17. The molecule has 0 heterocycles. The highest BCUT2D eigenvalue weighted by Crippen LogP contribution is 2.21. The Morgan fingerprint density at radius 1 is 1.24 bits per heavy atom. The predicted molar refractivity (Wildman–Crippen MR) is 64.5 cm³/mol. The van der Waals surface area contributed by atoms with Gasteiger partial charge < -0.3 is 9.84 Å². The van der Waals surface area contributed by atoms with Gasteiger partial charge in [0, 0.05) is 0 Å². The largest absolute Gasteiger partial charge is 0.459 e. The minimum Gasteiger partial charge on any atom is -0.459 e. The number of hydrogen-bond acceptors (Lipinski definition) is 3. The maximum absolute atomic E-state index is 11.7. The number of rotatable bonds is 3. The maximum atomic E-state index is 11.7. The minimum atomic E-state index is -0.483. The Balaban J connectivity index is 1.84. The third-order valence-electron chi connectivity index (χ3n) is 3.14. The number of esters is 1. The van der Waals surface area contributed by atoms with Crippen molar-refractivity contribution in [1.29, 1.82) is 0 Å². The van der Waals surface area contributed by atoms with E-state index >= 15 is 0 Å². The van der Waals surface area contributed by atoms with Crippen molar-refractivity contribution in [3.8, 4) is 0 Å². The summed E-state index contributed by atoms with van der Waals surface area (Å²) in [5.41, 5.74) is 0.947. The number of aliphatic hydroxyl groups is 1. The Bertz CT molecular complexity index is 361. The van der Waals surface area contributed by atoms with Crippen LogP contribution < -0.4 is 0 Å². The van der Waals surface area contributed by atoms with Crippen LogP contribution in [0, 0.1) is 0 Å². The lowest BCUT2D eigenvalue weighted by Crippen LogP contribution is -2.34. The Morgan fingerprint density at radius 3 is 2.65 bits per heavy atom. The summed E-state index contributed by atoms with van der Waals surface area (Å²) in [5, 5.41) is 9.71. The fourth-order valence-electron chi connectivity index (χ4n) is 2.19. The van der Waals surface area contributed by atoms with Crippen LogP contribution in [0.3, 0.4) is 0 Å². The molecule has 17 heavy (non-hydrogen) atoms. The van der Waals surface area contributed by atoms with Gasteiger partial charge in [-0.05, 0) is 24.8 Å². The van der Waals surface area contributed by atoms with Gasteiger partial charge in [-0.25, -0.2) is 0 Å². The summed E-state index contributed by atoms with van der Waals surface area (Å²) < 4.78 is 5.32. The summed E-state index contributed by atoms with van der Waals surface area (Å²) in [4.78, 5) is 11.7. The fraction of sp³-hybridized carbons (Fsp3) is 0.500. The molecule has 0 aromatic heterocycles. The second-order valence-corrected chi connectivity index (χ2v) is 4.54. The maximum Gasteiger partial charge on any atom is 0.310 e. The summed E-state index contributed by atoms with van der Waals surface area (Å²) in [5.74, 6) is -0.248. The zero-order valence-electron chi connectivity index (χ0n) is 9.84. The molecule has 1 saturated carbocycles. The Labute approximate surface area is 101 Å². The molecule has 1 fully saturated rings. The van der Waals surface area contributed by atoms with Crippen LogP contribution in [0.4, 0.5) is 0 Å². The second-order valence-electron chi connectivity index (χ2n) is 4.54. The highest BCUT2D eigenvalue weighted by molar-refractivity contribution is 5.72. The quantitative estimate of drug-likeness (QED) is 0.814. The summed E-state index contributed by atoms with van der Waals surface area (Å²) in [6.45, 7) is 0. The average Bonchev–Trinajstić information content (AvgIpc) is 2.33. The van der Waals surface area contributed by atoms with Crippen molar-refractivity contribution in [3.63, 3.8) is 0 Å². The third kappa shape index (κ3) is 3.56. The molecule has 1 aliphatic carbocycles. The lowest BCUT2D eigenvalue weighted by molar-refractivity contribution is -0.156. The van der Waals surface area contributed by atoms with Crippen molar-refractivity contribution >= 4 is 5.97 Å². The zero-order valence-corrected chi connectivity index (χ0v) is 9.84. The van der Waals surface area contributed by atoms with Crippen molar-refractivity contribution in [3.05, 3.63) is 35.9 Å². The highest BCUT2D eigenvalue weighted by Gasteiger charge is 2.26. The summed E-state index contributed by atoms with van der Waals surface area (Å²) >= 11 is 0. The van der Waals surface area contributed by atoms with Gasteiger partial charge >= 0.3 is 5.97 Å². The van der Waals surface area contributed by atoms with Crippen LogP contribution in [0.15, 0.2) is 30.3 Å². The summed E-state index contributed by atoms with van der Waals surface area (Å²) in [7, 11) is 0. The predicted octanol–water partition coefficient (Wildman–Crippen LogP) is 2.08. The van der Waals surface area contributed by atoms with Gasteiger partial charge in [-0.1, -0.05) is 36.8 Å². The van der Waals surface area contributed by atoms with E-state index < -0.39 is 6.10 Å². The first kappa shape index (κ1) is 12.1. The normalized spacial score (nSPS) is 24.3. The van der Waals surface area contributed by atoms with Gasteiger partial charge in [0.1, 0.15) is 6.10 Å². The van der Waals surface area contributed by atoms with Crippen LogP contribution in [-0.4, -0.2) is 23.3 Å². The molecule has 0 spiro atoms. The van der Waals surface area contributed by atoms with E-state index in [1.54, 1.807) is 0 Å². The molecular formula is C14H18O3. The first-order chi connectivity index (χ1) is 8.25. The summed E-state index contributed by atoms with van der Waals surface area (Å²) in [6, 6.07) is 9.52. The average molecular weight is 234 g/mol. The van der Waals surface area contributed by atoms with Gasteiger partial charge in [-0.2, -0.15) is 0 Å². The highest BCUT2D eigenvalue weighted by atomic mass is 16.6. The van der Waals surface area contributed by atoms with Gasteiger partial charge in [0.2, 0.25) is 0 Å². The number of ether oxygens (including phenoxy) is 1. The van der Waals surface area contributed by atoms with E-state index in [9.17, 15) is 9.90 Å². The zero-order chi connectivity index (χ0) is 12.1. The molecule has 92 valence electrons. The molecule has 2 rings (SSSR count). The number of carbonyl (C=O) groups excluding carboxylic acids is 1. The van der Waals surface area contributed by atoms with Crippen molar-refractivity contribution in [2.75, 3.05) is 0 Å². The molecule has 0 amide bonds. The standard InChI is InChI=1S/C14H18O3/c15-12-8-4-5-9-13(12)17-14(16)10-11-6-2-1-3-7-11/h1-3,6-7,12-13,15H,4-5,8-10H2. The SMILES string of the molecule is O=C(Cc1ccccc1)OC1CCCCC1O. The molecule has 0 radical (unpaired) electrons. The van der Waals surface area contributed by atoms with E-state index in [4.69, 9.17) is 4.74 Å². The van der Waals surface area contributed by atoms with Crippen molar-refractivity contribution in [2.45, 2.75) is 44.3 Å². The number of aliphatic hydroxyl groups excluding tert-OH is 1. The van der Waals surface area contributed by atoms with E-state index in [1.165, 1.54) is 0 Å². The smallest absolute Gasteiger partial charge is 0.310 e. The molecule has 1 N–H and O–H groups in total. The Hall–Kier alpha value is -1.35. The van der Waals surface area contributed by atoms with E-state index in [0.29, 0.717) is 0 Å². The first-order valence-electron chi connectivity index (χ1n) is 6.17. The number of hydrogen-bond donors (Lipinski definition) is 1. The molecular weight excluding hydrogens is 216 g/mol. The molecule has 1 aliphatic rings. The lowest BCUT2D eigenvalue weighted by Gasteiger charge is -2.27. The van der Waals surface area contributed by atoms with Crippen LogP contribution in [0.1, 0.15) is 31.2 Å². The molecule has 1 aromatic rings. The van der Waals surface area contributed by atoms with Crippen LogP contribution in [0.25, 0.3) is 0 Å². The van der Waals surface area contributed by atoms with Crippen LogP contribution >= 0.6 is 0 Å². The molecule has 2 unspecified atom stereocenters.